The first-order chi connectivity index (χ1) is 10.8. The van der Waals surface area contributed by atoms with Gasteiger partial charge in [-0.2, -0.15) is 0 Å². The maximum Gasteiger partial charge on any atom is 0.586 e. The molecule has 0 spiro atoms. The molecule has 0 aliphatic carbocycles. The van der Waals surface area contributed by atoms with E-state index in [1.54, 1.807) is 18.2 Å². The molecule has 3 rings (SSSR count). The molecule has 120 valence electrons. The molecule has 0 bridgehead atoms. The van der Waals surface area contributed by atoms with Crippen molar-refractivity contribution in [1.29, 1.82) is 0 Å². The van der Waals surface area contributed by atoms with Crippen molar-refractivity contribution in [2.75, 3.05) is 10.6 Å². The smallest absolute Gasteiger partial charge is 0.395 e. The van der Waals surface area contributed by atoms with Crippen LogP contribution in [0.5, 0.6) is 11.5 Å². The summed E-state index contributed by atoms with van der Waals surface area (Å²) in [5.74, 6) is -0.0714. The third kappa shape index (κ3) is 3.62. The number of thiocarbonyl (C=S) groups is 1. The molecule has 0 saturated carbocycles. The van der Waals surface area contributed by atoms with E-state index in [0.717, 1.165) is 11.3 Å². The molecule has 2 aromatic carbocycles. The van der Waals surface area contributed by atoms with Gasteiger partial charge in [0.05, 0.1) is 0 Å². The Bertz CT molecular complexity index is 786. The summed E-state index contributed by atoms with van der Waals surface area (Å²) >= 11 is 11.2. The molecule has 2 aromatic rings. The van der Waals surface area contributed by atoms with Gasteiger partial charge in [0.2, 0.25) is 0 Å². The number of hydrogen-bond acceptors (Lipinski definition) is 3. The molecule has 0 atom stereocenters. The summed E-state index contributed by atoms with van der Waals surface area (Å²) in [4.78, 5) is 0. The number of aryl methyl sites for hydroxylation is 1. The van der Waals surface area contributed by atoms with Gasteiger partial charge in [-0.25, -0.2) is 0 Å². The van der Waals surface area contributed by atoms with Gasteiger partial charge in [0.1, 0.15) is 0 Å². The Morgan fingerprint density at radius 3 is 2.35 bits per heavy atom. The molecular formula is C15H11ClF2N2O2S. The van der Waals surface area contributed by atoms with Crippen molar-refractivity contribution >= 4 is 40.3 Å². The summed E-state index contributed by atoms with van der Waals surface area (Å²) in [6.45, 7) is 1.88. The van der Waals surface area contributed by atoms with E-state index in [9.17, 15) is 8.78 Å². The minimum Gasteiger partial charge on any atom is -0.395 e. The van der Waals surface area contributed by atoms with Crippen molar-refractivity contribution in [1.82, 2.24) is 0 Å². The third-order valence-corrected chi connectivity index (χ3v) is 3.70. The molecule has 1 aliphatic rings. The third-order valence-electron chi connectivity index (χ3n) is 3.07. The number of halogens is 3. The highest BCUT2D eigenvalue weighted by atomic mass is 35.5. The summed E-state index contributed by atoms with van der Waals surface area (Å²) in [5, 5.41) is 6.83. The van der Waals surface area contributed by atoms with E-state index in [2.05, 4.69) is 20.1 Å². The van der Waals surface area contributed by atoms with E-state index in [-0.39, 0.29) is 11.5 Å². The fourth-order valence-corrected chi connectivity index (χ4v) is 2.40. The summed E-state index contributed by atoms with van der Waals surface area (Å²) < 4.78 is 34.7. The number of rotatable bonds is 2. The van der Waals surface area contributed by atoms with Crippen LogP contribution in [0.15, 0.2) is 36.4 Å². The van der Waals surface area contributed by atoms with Crippen LogP contribution >= 0.6 is 23.8 Å². The lowest BCUT2D eigenvalue weighted by molar-refractivity contribution is -0.286. The number of fused-ring (bicyclic) bond motifs is 1. The zero-order valence-corrected chi connectivity index (χ0v) is 13.4. The van der Waals surface area contributed by atoms with E-state index in [0.29, 0.717) is 15.8 Å². The molecule has 0 saturated heterocycles. The Labute approximate surface area is 141 Å². The van der Waals surface area contributed by atoms with Crippen LogP contribution in [0.4, 0.5) is 20.2 Å². The monoisotopic (exact) mass is 356 g/mol. The molecule has 1 aliphatic heterocycles. The predicted molar refractivity (Wildman–Crippen MR) is 88.7 cm³/mol. The summed E-state index contributed by atoms with van der Waals surface area (Å²) in [7, 11) is 0. The lowest BCUT2D eigenvalue weighted by atomic mass is 10.2. The van der Waals surface area contributed by atoms with Crippen molar-refractivity contribution in [3.63, 3.8) is 0 Å². The van der Waals surface area contributed by atoms with Gasteiger partial charge in [0, 0.05) is 22.5 Å². The minimum absolute atomic E-state index is 0.0206. The van der Waals surface area contributed by atoms with Crippen LogP contribution in [0.25, 0.3) is 0 Å². The molecule has 0 unspecified atom stereocenters. The number of benzene rings is 2. The van der Waals surface area contributed by atoms with E-state index in [1.807, 2.05) is 13.0 Å². The summed E-state index contributed by atoms with van der Waals surface area (Å²) in [5.41, 5.74) is 2.16. The maximum absolute atomic E-state index is 13.0. The number of anilines is 2. The number of hydrogen-bond donors (Lipinski definition) is 2. The first-order valence-electron chi connectivity index (χ1n) is 6.56. The zero-order chi connectivity index (χ0) is 16.6. The molecule has 4 nitrogen and oxygen atoms in total. The van der Waals surface area contributed by atoms with Crippen LogP contribution in [0.2, 0.25) is 5.02 Å². The van der Waals surface area contributed by atoms with Crippen LogP contribution in [0.1, 0.15) is 5.56 Å². The van der Waals surface area contributed by atoms with Gasteiger partial charge in [-0.15, -0.1) is 8.78 Å². The van der Waals surface area contributed by atoms with Gasteiger partial charge in [0.15, 0.2) is 16.6 Å². The Balaban J connectivity index is 1.68. The van der Waals surface area contributed by atoms with Crippen molar-refractivity contribution in [3.8, 4) is 11.5 Å². The largest absolute Gasteiger partial charge is 0.586 e. The van der Waals surface area contributed by atoms with Crippen LogP contribution in [0.3, 0.4) is 0 Å². The molecule has 0 fully saturated rings. The Kier molecular flexibility index (Phi) is 3.99. The van der Waals surface area contributed by atoms with Crippen molar-refractivity contribution < 1.29 is 18.3 Å². The second-order valence-corrected chi connectivity index (χ2v) is 5.69. The highest BCUT2D eigenvalue weighted by Crippen LogP contribution is 2.42. The molecule has 0 radical (unpaired) electrons. The molecule has 23 heavy (non-hydrogen) atoms. The highest BCUT2D eigenvalue weighted by molar-refractivity contribution is 7.80. The van der Waals surface area contributed by atoms with E-state index in [4.69, 9.17) is 23.8 Å². The maximum atomic E-state index is 13.0. The van der Waals surface area contributed by atoms with Crippen molar-refractivity contribution in [2.24, 2.45) is 0 Å². The fourth-order valence-electron chi connectivity index (χ4n) is 2.04. The lowest BCUT2D eigenvalue weighted by Crippen LogP contribution is -2.25. The Hall–Kier alpha value is -2.12. The van der Waals surface area contributed by atoms with E-state index < -0.39 is 6.29 Å². The molecule has 8 heteroatoms. The SMILES string of the molecule is Cc1cc(NC(=S)Nc2ccc3c(c2)OC(F)(F)O3)ccc1Cl. The van der Waals surface area contributed by atoms with Gasteiger partial charge in [0.25, 0.3) is 0 Å². The minimum atomic E-state index is -3.64. The molecule has 1 heterocycles. The second kappa shape index (κ2) is 5.82. The van der Waals surface area contributed by atoms with Gasteiger partial charge in [-0.05, 0) is 55.0 Å². The second-order valence-electron chi connectivity index (χ2n) is 4.87. The number of nitrogens with one attached hydrogen (secondary N) is 2. The Morgan fingerprint density at radius 1 is 1.04 bits per heavy atom. The van der Waals surface area contributed by atoms with Crippen LogP contribution in [0, 0.1) is 6.92 Å². The summed E-state index contributed by atoms with van der Waals surface area (Å²) in [6, 6.07) is 9.71. The molecule has 0 aromatic heterocycles. The molecular weight excluding hydrogens is 346 g/mol. The van der Waals surface area contributed by atoms with E-state index >= 15 is 0 Å². The normalized spacial score (nSPS) is 14.4. The topological polar surface area (TPSA) is 42.5 Å². The first-order valence-corrected chi connectivity index (χ1v) is 7.35. The van der Waals surface area contributed by atoms with Gasteiger partial charge in [-0.1, -0.05) is 11.6 Å². The van der Waals surface area contributed by atoms with Crippen LogP contribution < -0.4 is 20.1 Å². The van der Waals surface area contributed by atoms with Gasteiger partial charge < -0.3 is 20.1 Å². The van der Waals surface area contributed by atoms with E-state index in [1.165, 1.54) is 12.1 Å². The molecule has 2 N–H and O–H groups in total. The number of ether oxygens (including phenoxy) is 2. The average Bonchev–Trinajstić information content (AvgIpc) is 2.76. The average molecular weight is 357 g/mol. The van der Waals surface area contributed by atoms with Crippen molar-refractivity contribution in [2.45, 2.75) is 13.2 Å². The van der Waals surface area contributed by atoms with Crippen LogP contribution in [-0.4, -0.2) is 11.4 Å². The highest BCUT2D eigenvalue weighted by Gasteiger charge is 2.43. The quantitative estimate of drug-likeness (QED) is 0.758. The predicted octanol–water partition coefficient (Wildman–Crippen LogP) is 4.78. The number of alkyl halides is 2. The lowest BCUT2D eigenvalue weighted by Gasteiger charge is -2.11. The first kappa shape index (κ1) is 15.8. The Morgan fingerprint density at radius 2 is 1.65 bits per heavy atom. The molecule has 0 amide bonds. The standard InChI is InChI=1S/C15H11ClF2N2O2S/c1-8-6-9(2-4-11(8)16)19-14(23)20-10-3-5-12-13(7-10)22-15(17,18)21-12/h2-7H,1H3,(H2,19,20,23). The van der Waals surface area contributed by atoms with Crippen LogP contribution in [-0.2, 0) is 0 Å². The van der Waals surface area contributed by atoms with Gasteiger partial charge in [-0.3, -0.25) is 0 Å². The fraction of sp³-hybridized carbons (Fsp3) is 0.133. The van der Waals surface area contributed by atoms with Gasteiger partial charge >= 0.3 is 6.29 Å². The summed E-state index contributed by atoms with van der Waals surface area (Å²) in [6.07, 6.45) is -3.64. The zero-order valence-electron chi connectivity index (χ0n) is 11.8. The van der Waals surface area contributed by atoms with Crippen molar-refractivity contribution in [3.05, 3.63) is 47.0 Å².